The molecule has 0 atom stereocenters. The number of rotatable bonds is 5. The van der Waals surface area contributed by atoms with Gasteiger partial charge in [0, 0.05) is 28.7 Å². The summed E-state index contributed by atoms with van der Waals surface area (Å²) in [5.74, 6) is -0.290. The maximum Gasteiger partial charge on any atom is 0.251 e. The van der Waals surface area contributed by atoms with Crippen molar-refractivity contribution in [1.82, 2.24) is 5.32 Å². The first kappa shape index (κ1) is 17.2. The lowest BCUT2D eigenvalue weighted by Gasteiger charge is -2.09. The minimum absolute atomic E-state index is 0.125. The maximum atomic E-state index is 12.0. The van der Waals surface area contributed by atoms with Crippen molar-refractivity contribution < 1.29 is 9.59 Å². The predicted molar refractivity (Wildman–Crippen MR) is 95.6 cm³/mol. The van der Waals surface area contributed by atoms with Crippen LogP contribution in [0.15, 0.2) is 46.9 Å². The minimum Gasteiger partial charge on any atom is -0.352 e. The highest BCUT2D eigenvalue weighted by atomic mass is 79.9. The van der Waals surface area contributed by atoms with Crippen LogP contribution < -0.4 is 10.6 Å². The van der Waals surface area contributed by atoms with Crippen LogP contribution in [-0.2, 0) is 4.79 Å². The Bertz CT molecular complexity index is 729. The van der Waals surface area contributed by atoms with Crippen LogP contribution in [0, 0.1) is 13.8 Å². The molecule has 2 aromatic rings. The lowest BCUT2D eigenvalue weighted by atomic mass is 10.1. The molecule has 2 N–H and O–H groups in total. The summed E-state index contributed by atoms with van der Waals surface area (Å²) in [6, 6.07) is 13.0. The molecule has 0 aromatic heterocycles. The van der Waals surface area contributed by atoms with Gasteiger partial charge in [-0.3, -0.25) is 9.59 Å². The largest absolute Gasteiger partial charge is 0.352 e. The molecule has 4 nitrogen and oxygen atoms in total. The first-order valence-corrected chi connectivity index (χ1v) is 8.16. The van der Waals surface area contributed by atoms with Gasteiger partial charge in [-0.05, 0) is 49.7 Å². The van der Waals surface area contributed by atoms with Crippen molar-refractivity contribution in [2.24, 2.45) is 0 Å². The Morgan fingerprint density at radius 3 is 2.57 bits per heavy atom. The van der Waals surface area contributed by atoms with Crippen molar-refractivity contribution in [3.05, 3.63) is 63.6 Å². The third kappa shape index (κ3) is 5.21. The second-order valence-electron chi connectivity index (χ2n) is 5.38. The Balaban J connectivity index is 1.81. The molecule has 23 heavy (non-hydrogen) atoms. The lowest BCUT2D eigenvalue weighted by Crippen LogP contribution is -2.27. The number of hydrogen-bond acceptors (Lipinski definition) is 2. The number of anilines is 1. The van der Waals surface area contributed by atoms with E-state index in [2.05, 4.69) is 26.6 Å². The van der Waals surface area contributed by atoms with Crippen molar-refractivity contribution in [3.8, 4) is 0 Å². The van der Waals surface area contributed by atoms with E-state index in [1.807, 2.05) is 50.2 Å². The zero-order chi connectivity index (χ0) is 16.8. The normalized spacial score (nSPS) is 10.2. The number of aryl methyl sites for hydroxylation is 2. The van der Waals surface area contributed by atoms with Gasteiger partial charge in [0.2, 0.25) is 5.91 Å². The summed E-state index contributed by atoms with van der Waals surface area (Å²) in [6.07, 6.45) is 0.229. The van der Waals surface area contributed by atoms with E-state index < -0.39 is 0 Å². The van der Waals surface area contributed by atoms with Crippen LogP contribution in [0.2, 0.25) is 0 Å². The molecular weight excluding hydrogens is 356 g/mol. The van der Waals surface area contributed by atoms with Crippen molar-refractivity contribution in [2.45, 2.75) is 20.3 Å². The van der Waals surface area contributed by atoms with E-state index in [1.54, 1.807) is 6.07 Å². The smallest absolute Gasteiger partial charge is 0.251 e. The summed E-state index contributed by atoms with van der Waals surface area (Å²) in [7, 11) is 0. The van der Waals surface area contributed by atoms with Gasteiger partial charge in [0.15, 0.2) is 0 Å². The van der Waals surface area contributed by atoms with Gasteiger partial charge >= 0.3 is 0 Å². The third-order valence-electron chi connectivity index (χ3n) is 3.38. The molecule has 0 radical (unpaired) electrons. The molecule has 0 aliphatic rings. The van der Waals surface area contributed by atoms with Crippen molar-refractivity contribution in [1.29, 1.82) is 0 Å². The summed E-state index contributed by atoms with van der Waals surface area (Å²) in [6.45, 7) is 4.17. The molecule has 2 amide bonds. The van der Waals surface area contributed by atoms with Gasteiger partial charge < -0.3 is 10.6 Å². The van der Waals surface area contributed by atoms with Gasteiger partial charge in [-0.25, -0.2) is 0 Å². The second-order valence-corrected chi connectivity index (χ2v) is 6.30. The number of hydrogen-bond donors (Lipinski definition) is 2. The summed E-state index contributed by atoms with van der Waals surface area (Å²) in [5.41, 5.74) is 3.40. The fraction of sp³-hybridized carbons (Fsp3) is 0.222. The number of carbonyl (C=O) groups excluding carboxylic acids is 2. The van der Waals surface area contributed by atoms with E-state index >= 15 is 0 Å². The Hall–Kier alpha value is -2.14. The number of benzene rings is 2. The third-order valence-corrected chi connectivity index (χ3v) is 3.87. The topological polar surface area (TPSA) is 58.2 Å². The van der Waals surface area contributed by atoms with E-state index in [0.29, 0.717) is 12.1 Å². The van der Waals surface area contributed by atoms with Crippen LogP contribution in [0.1, 0.15) is 27.9 Å². The molecule has 0 saturated carbocycles. The van der Waals surface area contributed by atoms with E-state index in [4.69, 9.17) is 0 Å². The van der Waals surface area contributed by atoms with E-state index in [1.165, 1.54) is 0 Å². The fourth-order valence-electron chi connectivity index (χ4n) is 2.16. The van der Waals surface area contributed by atoms with Crippen molar-refractivity contribution >= 4 is 33.4 Å². The Labute approximate surface area is 144 Å². The quantitative estimate of drug-likeness (QED) is 0.835. The van der Waals surface area contributed by atoms with Crippen molar-refractivity contribution in [2.75, 3.05) is 11.9 Å². The molecule has 2 rings (SSSR count). The molecule has 120 valence electrons. The highest BCUT2D eigenvalue weighted by Gasteiger charge is 2.08. The van der Waals surface area contributed by atoms with Gasteiger partial charge in [-0.15, -0.1) is 0 Å². The summed E-state index contributed by atoms with van der Waals surface area (Å²) in [5, 5.41) is 5.61. The lowest BCUT2D eigenvalue weighted by molar-refractivity contribution is -0.116. The molecule has 0 unspecified atom stereocenters. The van der Waals surface area contributed by atoms with Gasteiger partial charge in [0.25, 0.3) is 5.91 Å². The van der Waals surface area contributed by atoms with Crippen LogP contribution in [-0.4, -0.2) is 18.4 Å². The SMILES string of the molecule is Cc1cccc(C(=O)NCCC(=O)Nc2ccc(Br)cc2C)c1. The Kier molecular flexibility index (Phi) is 5.93. The zero-order valence-electron chi connectivity index (χ0n) is 13.2. The monoisotopic (exact) mass is 374 g/mol. The van der Waals surface area contributed by atoms with Gasteiger partial charge in [0.1, 0.15) is 0 Å². The highest BCUT2D eigenvalue weighted by Crippen LogP contribution is 2.20. The average Bonchev–Trinajstić information content (AvgIpc) is 2.50. The molecule has 5 heteroatoms. The number of nitrogens with one attached hydrogen (secondary N) is 2. The number of halogens is 1. The first-order valence-electron chi connectivity index (χ1n) is 7.36. The fourth-order valence-corrected chi connectivity index (χ4v) is 2.63. The van der Waals surface area contributed by atoms with Gasteiger partial charge in [-0.1, -0.05) is 33.6 Å². The van der Waals surface area contributed by atoms with Gasteiger partial charge in [0.05, 0.1) is 0 Å². The summed E-state index contributed by atoms with van der Waals surface area (Å²) < 4.78 is 0.971. The molecule has 0 bridgehead atoms. The number of carbonyl (C=O) groups is 2. The van der Waals surface area contributed by atoms with E-state index in [9.17, 15) is 9.59 Å². The van der Waals surface area contributed by atoms with Gasteiger partial charge in [-0.2, -0.15) is 0 Å². The van der Waals surface area contributed by atoms with Crippen LogP contribution in [0.4, 0.5) is 5.69 Å². The van der Waals surface area contributed by atoms with Crippen LogP contribution in [0.5, 0.6) is 0 Å². The molecule has 0 saturated heterocycles. The molecule has 0 aliphatic heterocycles. The van der Waals surface area contributed by atoms with Crippen molar-refractivity contribution in [3.63, 3.8) is 0 Å². The predicted octanol–water partition coefficient (Wildman–Crippen LogP) is 3.82. The molecular formula is C18H19BrN2O2. The number of amides is 2. The Morgan fingerprint density at radius 1 is 1.09 bits per heavy atom. The molecule has 0 spiro atoms. The van der Waals surface area contributed by atoms with E-state index in [-0.39, 0.29) is 18.2 Å². The minimum atomic E-state index is -0.165. The first-order chi connectivity index (χ1) is 11.0. The Morgan fingerprint density at radius 2 is 1.87 bits per heavy atom. The second kappa shape index (κ2) is 7.92. The molecule has 0 fully saturated rings. The van der Waals surface area contributed by atoms with E-state index in [0.717, 1.165) is 21.3 Å². The highest BCUT2D eigenvalue weighted by molar-refractivity contribution is 9.10. The van der Waals surface area contributed by atoms with Crippen LogP contribution in [0.3, 0.4) is 0 Å². The average molecular weight is 375 g/mol. The maximum absolute atomic E-state index is 12.0. The molecule has 0 heterocycles. The summed E-state index contributed by atoms with van der Waals surface area (Å²) >= 11 is 3.39. The molecule has 0 aliphatic carbocycles. The van der Waals surface area contributed by atoms with Crippen LogP contribution in [0.25, 0.3) is 0 Å². The molecule has 2 aromatic carbocycles. The van der Waals surface area contributed by atoms with Crippen LogP contribution >= 0.6 is 15.9 Å². The zero-order valence-corrected chi connectivity index (χ0v) is 14.7. The summed E-state index contributed by atoms with van der Waals surface area (Å²) in [4.78, 5) is 23.9. The standard InChI is InChI=1S/C18H19BrN2O2/c1-12-4-3-5-14(10-12)18(23)20-9-8-17(22)21-16-7-6-15(19)11-13(16)2/h3-7,10-11H,8-9H2,1-2H3,(H,20,23)(H,21,22).